The molecule has 0 spiro atoms. The Kier molecular flexibility index (Phi) is 8.17. The van der Waals surface area contributed by atoms with Crippen molar-refractivity contribution in [2.75, 3.05) is 13.2 Å². The van der Waals surface area contributed by atoms with E-state index in [9.17, 15) is 9.59 Å². The predicted molar refractivity (Wildman–Crippen MR) is 80.9 cm³/mol. The highest BCUT2D eigenvalue weighted by Gasteiger charge is 2.08. The molecule has 0 unspecified atom stereocenters. The Morgan fingerprint density at radius 1 is 0.952 bits per heavy atom. The number of hydrogen-bond acceptors (Lipinski definition) is 4. The molecule has 0 fully saturated rings. The molecule has 0 aliphatic rings. The lowest BCUT2D eigenvalue weighted by molar-refractivity contribution is -0.150. The molecule has 116 valence electrons. The SMILES string of the molecule is CCOC(=O)CCC(=O)OCCCCc1ccc(C)cc1. The van der Waals surface area contributed by atoms with Crippen LogP contribution in [-0.2, 0) is 25.5 Å². The van der Waals surface area contributed by atoms with Gasteiger partial charge in [0, 0.05) is 0 Å². The molecule has 0 amide bonds. The number of carbonyl (C=O) groups excluding carboxylic acids is 2. The summed E-state index contributed by atoms with van der Waals surface area (Å²) in [5.74, 6) is -0.688. The summed E-state index contributed by atoms with van der Waals surface area (Å²) in [6.07, 6.45) is 2.99. The molecule has 0 heterocycles. The number of benzene rings is 1. The van der Waals surface area contributed by atoms with E-state index >= 15 is 0 Å². The van der Waals surface area contributed by atoms with Gasteiger partial charge in [0.15, 0.2) is 0 Å². The first kappa shape index (κ1) is 17.2. The third-order valence-corrected chi connectivity index (χ3v) is 3.08. The summed E-state index contributed by atoms with van der Waals surface area (Å²) in [5.41, 5.74) is 2.56. The molecule has 0 saturated carbocycles. The number of hydrogen-bond donors (Lipinski definition) is 0. The number of rotatable bonds is 9. The maximum atomic E-state index is 11.4. The fourth-order valence-electron chi connectivity index (χ4n) is 1.88. The smallest absolute Gasteiger partial charge is 0.306 e. The molecule has 1 aromatic rings. The molecule has 0 N–H and O–H groups in total. The van der Waals surface area contributed by atoms with Crippen LogP contribution in [0.25, 0.3) is 0 Å². The zero-order chi connectivity index (χ0) is 15.5. The van der Waals surface area contributed by atoms with Gasteiger partial charge in [0.25, 0.3) is 0 Å². The minimum atomic E-state index is -0.353. The summed E-state index contributed by atoms with van der Waals surface area (Å²) in [6, 6.07) is 8.46. The monoisotopic (exact) mass is 292 g/mol. The highest BCUT2D eigenvalue weighted by molar-refractivity contribution is 5.77. The standard InChI is InChI=1S/C17H24O4/c1-3-20-16(18)11-12-17(19)21-13-5-4-6-15-9-7-14(2)8-10-15/h7-10H,3-6,11-13H2,1-2H3. The van der Waals surface area contributed by atoms with Gasteiger partial charge in [0.2, 0.25) is 0 Å². The largest absolute Gasteiger partial charge is 0.466 e. The van der Waals surface area contributed by atoms with Crippen molar-refractivity contribution < 1.29 is 19.1 Å². The van der Waals surface area contributed by atoms with Gasteiger partial charge in [-0.05, 0) is 38.7 Å². The highest BCUT2D eigenvalue weighted by Crippen LogP contribution is 2.07. The van der Waals surface area contributed by atoms with Crippen molar-refractivity contribution in [3.63, 3.8) is 0 Å². The first-order valence-corrected chi connectivity index (χ1v) is 7.48. The van der Waals surface area contributed by atoms with Gasteiger partial charge in [-0.25, -0.2) is 0 Å². The molecule has 0 radical (unpaired) electrons. The van der Waals surface area contributed by atoms with Gasteiger partial charge in [-0.2, -0.15) is 0 Å². The molecular weight excluding hydrogens is 268 g/mol. The van der Waals surface area contributed by atoms with Crippen molar-refractivity contribution in [1.29, 1.82) is 0 Å². The first-order chi connectivity index (χ1) is 10.1. The summed E-state index contributed by atoms with van der Waals surface area (Å²) in [6.45, 7) is 4.56. The highest BCUT2D eigenvalue weighted by atomic mass is 16.5. The molecule has 0 bridgehead atoms. The van der Waals surface area contributed by atoms with Crippen LogP contribution in [0.2, 0.25) is 0 Å². The molecule has 0 aliphatic heterocycles. The fourth-order valence-corrected chi connectivity index (χ4v) is 1.88. The lowest BCUT2D eigenvalue weighted by Gasteiger charge is -2.05. The van der Waals surface area contributed by atoms with Crippen LogP contribution in [0.3, 0.4) is 0 Å². The van der Waals surface area contributed by atoms with Crippen molar-refractivity contribution in [1.82, 2.24) is 0 Å². The summed E-state index contributed by atoms with van der Waals surface area (Å²) >= 11 is 0. The van der Waals surface area contributed by atoms with E-state index in [4.69, 9.17) is 9.47 Å². The summed E-state index contributed by atoms with van der Waals surface area (Å²) in [4.78, 5) is 22.5. The number of carbonyl (C=O) groups is 2. The maximum Gasteiger partial charge on any atom is 0.306 e. The van der Waals surface area contributed by atoms with E-state index in [1.54, 1.807) is 6.92 Å². The maximum absolute atomic E-state index is 11.4. The molecule has 0 aromatic heterocycles. The van der Waals surface area contributed by atoms with Crippen LogP contribution in [0.4, 0.5) is 0 Å². The Balaban J connectivity index is 2.04. The Hall–Kier alpha value is -1.84. The summed E-state index contributed by atoms with van der Waals surface area (Å²) in [5, 5.41) is 0. The number of ether oxygens (including phenoxy) is 2. The quantitative estimate of drug-likeness (QED) is 0.518. The lowest BCUT2D eigenvalue weighted by Crippen LogP contribution is -2.10. The number of unbranched alkanes of at least 4 members (excludes halogenated alkanes) is 1. The van der Waals surface area contributed by atoms with Crippen LogP contribution >= 0.6 is 0 Å². The Morgan fingerprint density at radius 2 is 1.57 bits per heavy atom. The minimum Gasteiger partial charge on any atom is -0.466 e. The lowest BCUT2D eigenvalue weighted by atomic mass is 10.1. The Morgan fingerprint density at radius 3 is 2.19 bits per heavy atom. The number of aryl methyl sites for hydroxylation is 2. The second kappa shape index (κ2) is 9.97. The Labute approximate surface area is 126 Å². The van der Waals surface area contributed by atoms with Crippen LogP contribution in [0.5, 0.6) is 0 Å². The molecule has 4 nitrogen and oxygen atoms in total. The van der Waals surface area contributed by atoms with Crippen molar-refractivity contribution in [3.8, 4) is 0 Å². The van der Waals surface area contributed by atoms with Gasteiger partial charge in [-0.15, -0.1) is 0 Å². The van der Waals surface area contributed by atoms with Crippen molar-refractivity contribution in [3.05, 3.63) is 35.4 Å². The molecule has 1 rings (SSSR count). The van der Waals surface area contributed by atoms with E-state index in [1.807, 2.05) is 0 Å². The van der Waals surface area contributed by atoms with E-state index in [2.05, 4.69) is 31.2 Å². The first-order valence-electron chi connectivity index (χ1n) is 7.48. The van der Waals surface area contributed by atoms with E-state index < -0.39 is 0 Å². The van der Waals surface area contributed by atoms with Crippen LogP contribution in [0.15, 0.2) is 24.3 Å². The molecular formula is C17H24O4. The van der Waals surface area contributed by atoms with Gasteiger partial charge in [0.1, 0.15) is 0 Å². The summed E-state index contributed by atoms with van der Waals surface area (Å²) < 4.78 is 9.83. The predicted octanol–water partition coefficient (Wildman–Crippen LogP) is 3.20. The van der Waals surface area contributed by atoms with Gasteiger partial charge >= 0.3 is 11.9 Å². The molecule has 1 aromatic carbocycles. The topological polar surface area (TPSA) is 52.6 Å². The average Bonchev–Trinajstić information content (AvgIpc) is 2.47. The van der Waals surface area contributed by atoms with Crippen molar-refractivity contribution >= 4 is 11.9 Å². The molecule has 0 atom stereocenters. The van der Waals surface area contributed by atoms with Gasteiger partial charge < -0.3 is 9.47 Å². The van der Waals surface area contributed by atoms with E-state index in [0.717, 1.165) is 19.3 Å². The number of esters is 2. The fraction of sp³-hybridized carbons (Fsp3) is 0.529. The van der Waals surface area contributed by atoms with Crippen molar-refractivity contribution in [2.45, 2.75) is 46.0 Å². The summed E-state index contributed by atoms with van der Waals surface area (Å²) in [7, 11) is 0. The average molecular weight is 292 g/mol. The van der Waals surface area contributed by atoms with Gasteiger partial charge in [0.05, 0.1) is 26.1 Å². The second-order valence-electron chi connectivity index (χ2n) is 4.97. The third-order valence-electron chi connectivity index (χ3n) is 3.08. The van der Waals surface area contributed by atoms with E-state index in [1.165, 1.54) is 11.1 Å². The second-order valence-corrected chi connectivity index (χ2v) is 4.97. The normalized spacial score (nSPS) is 10.2. The molecule has 4 heteroatoms. The van der Waals surface area contributed by atoms with Gasteiger partial charge in [-0.3, -0.25) is 9.59 Å². The Bertz CT molecular complexity index is 437. The van der Waals surface area contributed by atoms with E-state index in [0.29, 0.717) is 13.2 Å². The van der Waals surface area contributed by atoms with Crippen LogP contribution in [0, 0.1) is 6.92 Å². The molecule has 0 aliphatic carbocycles. The van der Waals surface area contributed by atoms with Crippen LogP contribution in [0.1, 0.15) is 43.7 Å². The van der Waals surface area contributed by atoms with E-state index in [-0.39, 0.29) is 24.8 Å². The zero-order valence-corrected chi connectivity index (χ0v) is 12.9. The van der Waals surface area contributed by atoms with Gasteiger partial charge in [-0.1, -0.05) is 29.8 Å². The molecule has 0 saturated heterocycles. The van der Waals surface area contributed by atoms with Crippen LogP contribution in [-0.4, -0.2) is 25.2 Å². The minimum absolute atomic E-state index is 0.0933. The zero-order valence-electron chi connectivity index (χ0n) is 12.9. The van der Waals surface area contributed by atoms with Crippen LogP contribution < -0.4 is 0 Å². The van der Waals surface area contributed by atoms with Crippen molar-refractivity contribution in [2.24, 2.45) is 0 Å². The third kappa shape index (κ3) is 8.12. The molecule has 21 heavy (non-hydrogen) atoms.